The molecule has 0 amide bonds. The van der Waals surface area contributed by atoms with Gasteiger partial charge in [0.05, 0.1) is 6.42 Å². The Morgan fingerprint density at radius 2 is 1.88 bits per heavy atom. The molecule has 0 aliphatic rings. The van der Waals surface area contributed by atoms with Gasteiger partial charge in [0.15, 0.2) is 0 Å². The van der Waals surface area contributed by atoms with Crippen LogP contribution in [0.2, 0.25) is 0 Å². The third-order valence-corrected chi connectivity index (χ3v) is 2.50. The molecule has 0 radical (unpaired) electrons. The Labute approximate surface area is 103 Å². The maximum Gasteiger partial charge on any atom is 0.330 e. The van der Waals surface area contributed by atoms with Crippen molar-refractivity contribution < 1.29 is 24.2 Å². The van der Waals surface area contributed by atoms with Gasteiger partial charge in [-0.15, -0.1) is 0 Å². The van der Waals surface area contributed by atoms with E-state index >= 15 is 0 Å². The predicted octanol–water partition coefficient (Wildman–Crippen LogP) is -1.06. The van der Waals surface area contributed by atoms with Crippen LogP contribution in [0.3, 0.4) is 0 Å². The Hall–Kier alpha value is -1.12. The fourth-order valence-electron chi connectivity index (χ4n) is 0.859. The summed E-state index contributed by atoms with van der Waals surface area (Å²) in [7, 11) is 0. The molecule has 5 N–H and O–H groups in total. The van der Waals surface area contributed by atoms with Crippen LogP contribution in [0, 0.1) is 0 Å². The molecule has 8 heteroatoms. The Kier molecular flexibility index (Phi) is 7.51. The van der Waals surface area contributed by atoms with Gasteiger partial charge in [0, 0.05) is 0 Å². The zero-order chi connectivity index (χ0) is 13.4. The first-order valence-corrected chi connectivity index (χ1v) is 6.25. The first kappa shape index (κ1) is 15.9. The number of rotatable bonds is 7. The molecule has 0 rings (SSSR count). The van der Waals surface area contributed by atoms with Gasteiger partial charge in [-0.2, -0.15) is 11.8 Å². The van der Waals surface area contributed by atoms with E-state index in [-0.39, 0.29) is 0 Å². The number of carboxylic acids is 1. The molecule has 2 atom stereocenters. The van der Waals surface area contributed by atoms with Gasteiger partial charge in [-0.1, -0.05) is 0 Å². The largest absolute Gasteiger partial charge is 0.480 e. The number of carbonyl (C=O) groups is 3. The summed E-state index contributed by atoms with van der Waals surface area (Å²) in [6.45, 7) is 0. The molecule has 0 aliphatic heterocycles. The topological polar surface area (TPSA) is 133 Å². The fourth-order valence-corrected chi connectivity index (χ4v) is 1.35. The molecule has 0 saturated heterocycles. The van der Waals surface area contributed by atoms with E-state index in [2.05, 4.69) is 4.74 Å². The minimum Gasteiger partial charge on any atom is -0.480 e. The highest BCUT2D eigenvalue weighted by Crippen LogP contribution is 2.01. The normalized spacial score (nSPS) is 13.8. The van der Waals surface area contributed by atoms with Crippen molar-refractivity contribution in [2.45, 2.75) is 24.9 Å². The summed E-state index contributed by atoms with van der Waals surface area (Å²) in [6.07, 6.45) is 1.68. The van der Waals surface area contributed by atoms with E-state index in [1.54, 1.807) is 0 Å². The number of nitrogens with two attached hydrogens (primary N) is 2. The van der Waals surface area contributed by atoms with Crippen LogP contribution in [0.1, 0.15) is 12.8 Å². The van der Waals surface area contributed by atoms with Crippen molar-refractivity contribution in [3.05, 3.63) is 0 Å². The average Bonchev–Trinajstić information content (AvgIpc) is 2.25. The average molecular weight is 264 g/mol. The van der Waals surface area contributed by atoms with Crippen molar-refractivity contribution >= 4 is 29.7 Å². The van der Waals surface area contributed by atoms with Gasteiger partial charge in [0.2, 0.25) is 0 Å². The van der Waals surface area contributed by atoms with Gasteiger partial charge < -0.3 is 21.3 Å². The molecule has 17 heavy (non-hydrogen) atoms. The lowest BCUT2D eigenvalue weighted by atomic mass is 10.2. The number of carboxylic acid groups (broad SMARTS) is 1. The van der Waals surface area contributed by atoms with Gasteiger partial charge in [-0.3, -0.25) is 9.59 Å². The maximum atomic E-state index is 11.2. The van der Waals surface area contributed by atoms with Crippen molar-refractivity contribution in [3.8, 4) is 0 Å². The molecule has 0 aromatic carbocycles. The lowest BCUT2D eigenvalue weighted by molar-refractivity contribution is -0.162. The Bertz CT molecular complexity index is 297. The Morgan fingerprint density at radius 3 is 2.35 bits per heavy atom. The standard InChI is InChI=1S/C9H16N2O5S/c1-17-3-2-5(10)9(15)16-7(12)4-6(11)8(13)14/h5-6H,2-4,10-11H2,1H3,(H,13,14)/t5-,6-/m0/s1. The first-order valence-electron chi connectivity index (χ1n) is 4.86. The van der Waals surface area contributed by atoms with Crippen molar-refractivity contribution in [2.24, 2.45) is 11.5 Å². The monoisotopic (exact) mass is 264 g/mol. The molecule has 0 unspecified atom stereocenters. The zero-order valence-corrected chi connectivity index (χ0v) is 10.2. The van der Waals surface area contributed by atoms with Crippen LogP contribution in [-0.4, -0.2) is 47.1 Å². The van der Waals surface area contributed by atoms with Crippen LogP contribution in [0.25, 0.3) is 0 Å². The first-order chi connectivity index (χ1) is 7.88. The minimum atomic E-state index is -1.38. The fraction of sp³-hybridized carbons (Fsp3) is 0.667. The smallest absolute Gasteiger partial charge is 0.330 e. The summed E-state index contributed by atoms with van der Waals surface area (Å²) in [6, 6.07) is -2.26. The molecule has 0 spiro atoms. The van der Waals surface area contributed by atoms with Crippen LogP contribution in [0.15, 0.2) is 0 Å². The van der Waals surface area contributed by atoms with Crippen molar-refractivity contribution in [1.29, 1.82) is 0 Å². The second-order valence-corrected chi connectivity index (χ2v) is 4.32. The lowest BCUT2D eigenvalue weighted by Gasteiger charge is -2.10. The van der Waals surface area contributed by atoms with Gasteiger partial charge in [0.25, 0.3) is 0 Å². The molecule has 98 valence electrons. The Balaban J connectivity index is 4.03. The molecule has 0 saturated carbocycles. The van der Waals surface area contributed by atoms with Crippen LogP contribution >= 0.6 is 11.8 Å². The number of ether oxygens (including phenoxy) is 1. The second-order valence-electron chi connectivity index (χ2n) is 3.33. The second kappa shape index (κ2) is 8.04. The summed E-state index contributed by atoms with van der Waals surface area (Å²) < 4.78 is 4.37. The van der Waals surface area contributed by atoms with E-state index in [0.717, 1.165) is 0 Å². The summed E-state index contributed by atoms with van der Waals surface area (Å²) in [5.41, 5.74) is 10.6. The molecule has 0 bridgehead atoms. The molecule has 7 nitrogen and oxygen atoms in total. The van der Waals surface area contributed by atoms with Gasteiger partial charge in [0.1, 0.15) is 12.1 Å². The van der Waals surface area contributed by atoms with Crippen LogP contribution in [0.5, 0.6) is 0 Å². The van der Waals surface area contributed by atoms with Crippen molar-refractivity contribution in [3.63, 3.8) is 0 Å². The lowest BCUT2D eigenvalue weighted by Crippen LogP contribution is -2.37. The highest BCUT2D eigenvalue weighted by molar-refractivity contribution is 7.98. The number of aliphatic carboxylic acids is 1. The number of hydrogen-bond donors (Lipinski definition) is 3. The van der Waals surface area contributed by atoms with Crippen LogP contribution in [0.4, 0.5) is 0 Å². The van der Waals surface area contributed by atoms with Crippen molar-refractivity contribution in [1.82, 2.24) is 0 Å². The van der Waals surface area contributed by atoms with Gasteiger partial charge in [-0.25, -0.2) is 4.79 Å². The van der Waals surface area contributed by atoms with Crippen molar-refractivity contribution in [2.75, 3.05) is 12.0 Å². The van der Waals surface area contributed by atoms with E-state index in [0.29, 0.717) is 12.2 Å². The molecule has 0 aliphatic carbocycles. The van der Waals surface area contributed by atoms with E-state index in [9.17, 15) is 14.4 Å². The molecular weight excluding hydrogens is 248 g/mol. The van der Waals surface area contributed by atoms with E-state index < -0.39 is 36.4 Å². The van der Waals surface area contributed by atoms with E-state index in [1.165, 1.54) is 11.8 Å². The summed E-state index contributed by atoms with van der Waals surface area (Å²) >= 11 is 1.51. The molecule has 0 aromatic rings. The molecular formula is C9H16N2O5S. The minimum absolute atomic E-state index is 0.387. The summed E-state index contributed by atoms with van der Waals surface area (Å²) in [4.78, 5) is 32.7. The number of thioether (sulfide) groups is 1. The van der Waals surface area contributed by atoms with E-state index in [1.807, 2.05) is 6.26 Å². The van der Waals surface area contributed by atoms with Gasteiger partial charge >= 0.3 is 17.9 Å². The predicted molar refractivity (Wildman–Crippen MR) is 62.3 cm³/mol. The quantitative estimate of drug-likeness (QED) is 0.391. The maximum absolute atomic E-state index is 11.2. The number of esters is 2. The van der Waals surface area contributed by atoms with Gasteiger partial charge in [-0.05, 0) is 18.4 Å². The van der Waals surface area contributed by atoms with Crippen LogP contribution in [-0.2, 0) is 19.1 Å². The highest BCUT2D eigenvalue weighted by atomic mass is 32.2. The number of hydrogen-bond acceptors (Lipinski definition) is 7. The summed E-state index contributed by atoms with van der Waals surface area (Å²) in [5.74, 6) is -2.51. The Morgan fingerprint density at radius 1 is 1.29 bits per heavy atom. The van der Waals surface area contributed by atoms with Crippen LogP contribution < -0.4 is 11.5 Å². The number of carbonyl (C=O) groups excluding carboxylic acids is 2. The molecule has 0 fully saturated rings. The molecule has 0 aromatic heterocycles. The zero-order valence-electron chi connectivity index (χ0n) is 9.42. The summed E-state index contributed by atoms with van der Waals surface area (Å²) in [5, 5.41) is 8.45. The SMILES string of the molecule is CSCC[C@H](N)C(=O)OC(=O)C[C@H](N)C(=O)O. The third kappa shape index (κ3) is 6.93. The molecule has 0 heterocycles. The van der Waals surface area contributed by atoms with E-state index in [4.69, 9.17) is 16.6 Å². The third-order valence-electron chi connectivity index (χ3n) is 1.85. The highest BCUT2D eigenvalue weighted by Gasteiger charge is 2.22.